The van der Waals surface area contributed by atoms with Gasteiger partial charge in [0.25, 0.3) is 12.3 Å². The molecule has 37 heavy (non-hydrogen) atoms. The number of primary sulfonamides is 1. The number of hydrogen-bond donors (Lipinski definition) is 3. The number of hydrogen-bond acceptors (Lipinski definition) is 5. The Morgan fingerprint density at radius 3 is 2.35 bits per heavy atom. The second kappa shape index (κ2) is 11.2. The van der Waals surface area contributed by atoms with E-state index in [2.05, 4.69) is 10.6 Å². The highest BCUT2D eigenvalue weighted by Crippen LogP contribution is 2.38. The first-order chi connectivity index (χ1) is 17.3. The van der Waals surface area contributed by atoms with E-state index in [4.69, 9.17) is 9.88 Å². The predicted octanol–water partition coefficient (Wildman–Crippen LogP) is 4.64. The molecule has 0 heterocycles. The van der Waals surface area contributed by atoms with Crippen LogP contribution in [0.2, 0.25) is 0 Å². The topological polar surface area (TPSA) is 111 Å². The zero-order chi connectivity index (χ0) is 27.4. The summed E-state index contributed by atoms with van der Waals surface area (Å²) in [6, 6.07) is 12.4. The quantitative estimate of drug-likeness (QED) is 0.341. The molecule has 3 rings (SSSR count). The van der Waals surface area contributed by atoms with Crippen molar-refractivity contribution in [3.8, 4) is 16.9 Å². The van der Waals surface area contributed by atoms with Gasteiger partial charge in [0.15, 0.2) is 0 Å². The largest absolute Gasteiger partial charge is 0.495 e. The minimum atomic E-state index is -4.66. The van der Waals surface area contributed by atoms with Crippen molar-refractivity contribution in [3.05, 3.63) is 77.4 Å². The number of methoxy groups -OCH3 is 1. The SMILES string of the molecule is COc1cc(NC(=O)c2ccc(-c3ccccc3C(F)(F)F)c(CNCC(F)F)c2)ccc1S(N)(=O)=O. The summed E-state index contributed by atoms with van der Waals surface area (Å²) in [6.45, 7) is -0.934. The number of sulfonamides is 1. The molecule has 7 nitrogen and oxygen atoms in total. The minimum absolute atomic E-state index is 0.0246. The molecule has 0 aliphatic heterocycles. The number of ether oxygens (including phenoxy) is 1. The Morgan fingerprint density at radius 2 is 1.73 bits per heavy atom. The third-order valence-corrected chi connectivity index (χ3v) is 6.18. The van der Waals surface area contributed by atoms with E-state index in [0.29, 0.717) is 0 Å². The fourth-order valence-electron chi connectivity index (χ4n) is 3.61. The average Bonchev–Trinajstić information content (AvgIpc) is 2.82. The van der Waals surface area contributed by atoms with E-state index in [1.807, 2.05) is 0 Å². The van der Waals surface area contributed by atoms with Crippen LogP contribution >= 0.6 is 0 Å². The highest BCUT2D eigenvalue weighted by Gasteiger charge is 2.33. The highest BCUT2D eigenvalue weighted by atomic mass is 32.2. The fourth-order valence-corrected chi connectivity index (χ4v) is 4.29. The van der Waals surface area contributed by atoms with Crippen LogP contribution in [0.4, 0.5) is 27.6 Å². The molecule has 0 fully saturated rings. The standard InChI is InChI=1S/C24H22F5N3O4S/c1-36-20-11-16(7-9-21(20)37(30,34)35)32-23(33)14-6-8-17(15(10-14)12-31-13-22(25)26)18-4-2-3-5-19(18)24(27,28)29/h2-11,22,31H,12-13H2,1H3,(H,32,33)(H2,30,34,35). The molecular formula is C24H22F5N3O4S. The summed E-state index contributed by atoms with van der Waals surface area (Å²) in [5, 5.41) is 10.1. The Kier molecular flexibility index (Phi) is 8.51. The zero-order valence-electron chi connectivity index (χ0n) is 19.3. The molecule has 0 radical (unpaired) electrons. The second-order valence-corrected chi connectivity index (χ2v) is 9.33. The number of amides is 1. The molecule has 1 amide bonds. The lowest BCUT2D eigenvalue weighted by molar-refractivity contribution is -0.137. The van der Waals surface area contributed by atoms with Gasteiger partial charge in [-0.05, 0) is 47.0 Å². The Hall–Kier alpha value is -3.55. The van der Waals surface area contributed by atoms with E-state index in [1.54, 1.807) is 0 Å². The molecular weight excluding hydrogens is 521 g/mol. The number of nitrogens with one attached hydrogen (secondary N) is 2. The minimum Gasteiger partial charge on any atom is -0.495 e. The lowest BCUT2D eigenvalue weighted by Gasteiger charge is -2.17. The number of carbonyl (C=O) groups is 1. The van der Waals surface area contributed by atoms with Gasteiger partial charge in [-0.15, -0.1) is 0 Å². The van der Waals surface area contributed by atoms with E-state index in [0.717, 1.165) is 12.1 Å². The first kappa shape index (κ1) is 28.0. The van der Waals surface area contributed by atoms with Gasteiger partial charge in [0, 0.05) is 23.9 Å². The molecule has 0 saturated carbocycles. The van der Waals surface area contributed by atoms with Gasteiger partial charge in [-0.3, -0.25) is 4.79 Å². The van der Waals surface area contributed by atoms with Crippen molar-refractivity contribution < 1.29 is 39.9 Å². The lowest BCUT2D eigenvalue weighted by Crippen LogP contribution is -2.21. The van der Waals surface area contributed by atoms with E-state index >= 15 is 0 Å². The number of rotatable bonds is 9. The van der Waals surface area contributed by atoms with Crippen LogP contribution in [0.25, 0.3) is 11.1 Å². The van der Waals surface area contributed by atoms with Crippen LogP contribution in [0.1, 0.15) is 21.5 Å². The van der Waals surface area contributed by atoms with Crippen molar-refractivity contribution in [1.82, 2.24) is 5.32 Å². The third kappa shape index (κ3) is 7.02. The van der Waals surface area contributed by atoms with Crippen LogP contribution < -0.4 is 20.5 Å². The summed E-state index contributed by atoms with van der Waals surface area (Å²) in [5.74, 6) is -0.799. The summed E-state index contributed by atoms with van der Waals surface area (Å²) in [6.07, 6.45) is -7.35. The second-order valence-electron chi connectivity index (χ2n) is 7.80. The summed E-state index contributed by atoms with van der Waals surface area (Å²) in [7, 11) is -2.87. The Morgan fingerprint density at radius 1 is 1.03 bits per heavy atom. The molecule has 198 valence electrons. The van der Waals surface area contributed by atoms with Crippen molar-refractivity contribution in [2.24, 2.45) is 5.14 Å². The van der Waals surface area contributed by atoms with Gasteiger partial charge in [0.2, 0.25) is 10.0 Å². The van der Waals surface area contributed by atoms with Crippen LogP contribution in [0.15, 0.2) is 65.6 Å². The van der Waals surface area contributed by atoms with Crippen molar-refractivity contribution in [2.75, 3.05) is 19.0 Å². The van der Waals surface area contributed by atoms with Crippen LogP contribution in [0.5, 0.6) is 5.75 Å². The predicted molar refractivity (Wildman–Crippen MR) is 127 cm³/mol. The van der Waals surface area contributed by atoms with E-state index in [1.165, 1.54) is 55.6 Å². The van der Waals surface area contributed by atoms with E-state index < -0.39 is 40.6 Å². The molecule has 0 aliphatic carbocycles. The number of carbonyl (C=O) groups excluding carboxylic acids is 1. The van der Waals surface area contributed by atoms with Gasteiger partial charge in [-0.1, -0.05) is 24.3 Å². The number of nitrogens with two attached hydrogens (primary N) is 1. The van der Waals surface area contributed by atoms with Crippen molar-refractivity contribution in [1.29, 1.82) is 0 Å². The number of benzene rings is 3. The number of halogens is 5. The average molecular weight is 544 g/mol. The Bertz CT molecular complexity index is 1400. The molecule has 0 spiro atoms. The first-order valence-corrected chi connectivity index (χ1v) is 12.2. The molecule has 4 N–H and O–H groups in total. The molecule has 13 heteroatoms. The lowest BCUT2D eigenvalue weighted by atomic mass is 9.93. The molecule has 0 aromatic heterocycles. The molecule has 3 aromatic carbocycles. The van der Waals surface area contributed by atoms with Gasteiger partial charge in [0.1, 0.15) is 10.6 Å². The Labute approximate surface area is 209 Å². The van der Waals surface area contributed by atoms with Crippen LogP contribution in [0, 0.1) is 0 Å². The maximum atomic E-state index is 13.6. The zero-order valence-corrected chi connectivity index (χ0v) is 20.1. The van der Waals surface area contributed by atoms with E-state index in [9.17, 15) is 35.2 Å². The van der Waals surface area contributed by atoms with Crippen molar-refractivity contribution >= 4 is 21.6 Å². The van der Waals surface area contributed by atoms with Crippen LogP contribution in [0.3, 0.4) is 0 Å². The van der Waals surface area contributed by atoms with E-state index in [-0.39, 0.29) is 45.1 Å². The van der Waals surface area contributed by atoms with Gasteiger partial charge >= 0.3 is 6.18 Å². The molecule has 3 aromatic rings. The monoisotopic (exact) mass is 543 g/mol. The van der Waals surface area contributed by atoms with Crippen LogP contribution in [-0.2, 0) is 22.7 Å². The summed E-state index contributed by atoms with van der Waals surface area (Å²) < 4.78 is 94.5. The summed E-state index contributed by atoms with van der Waals surface area (Å²) >= 11 is 0. The van der Waals surface area contributed by atoms with Gasteiger partial charge in [-0.2, -0.15) is 13.2 Å². The normalized spacial score (nSPS) is 12.0. The van der Waals surface area contributed by atoms with Gasteiger partial charge in [-0.25, -0.2) is 22.3 Å². The number of anilines is 1. The summed E-state index contributed by atoms with van der Waals surface area (Å²) in [5.41, 5.74) is -0.601. The third-order valence-electron chi connectivity index (χ3n) is 5.23. The molecule has 0 bridgehead atoms. The van der Waals surface area contributed by atoms with Gasteiger partial charge in [0.05, 0.1) is 19.2 Å². The number of alkyl halides is 5. The molecule has 0 unspecified atom stereocenters. The molecule has 0 atom stereocenters. The van der Waals surface area contributed by atoms with Crippen molar-refractivity contribution in [2.45, 2.75) is 24.0 Å². The molecule has 0 aliphatic rings. The Balaban J connectivity index is 1.98. The first-order valence-electron chi connectivity index (χ1n) is 10.6. The smallest absolute Gasteiger partial charge is 0.417 e. The van der Waals surface area contributed by atoms with Gasteiger partial charge < -0.3 is 15.4 Å². The van der Waals surface area contributed by atoms with Crippen molar-refractivity contribution in [3.63, 3.8) is 0 Å². The van der Waals surface area contributed by atoms with Crippen LogP contribution in [-0.4, -0.2) is 34.4 Å². The molecule has 0 saturated heterocycles. The summed E-state index contributed by atoms with van der Waals surface area (Å²) in [4.78, 5) is 12.6. The highest BCUT2D eigenvalue weighted by molar-refractivity contribution is 7.89. The maximum Gasteiger partial charge on any atom is 0.417 e. The maximum absolute atomic E-state index is 13.6. The fraction of sp³-hybridized carbons (Fsp3) is 0.208.